The summed E-state index contributed by atoms with van der Waals surface area (Å²) in [5.41, 5.74) is 1.72. The lowest BCUT2D eigenvalue weighted by Gasteiger charge is -2.14. The highest BCUT2D eigenvalue weighted by Gasteiger charge is 2.08. The van der Waals surface area contributed by atoms with Crippen LogP contribution in [0.15, 0.2) is 24.3 Å². The molecule has 1 aromatic rings. The largest absolute Gasteiger partial charge is 0.378 e. The Kier molecular flexibility index (Phi) is 5.99. The van der Waals surface area contributed by atoms with Gasteiger partial charge in [-0.3, -0.25) is 4.79 Å². The number of carbonyl (C=O) groups excluding carboxylic acids is 1. The summed E-state index contributed by atoms with van der Waals surface area (Å²) in [6, 6.07) is 7.59. The van der Waals surface area contributed by atoms with Gasteiger partial charge in [0.15, 0.2) is 0 Å². The molecule has 1 amide bonds. The standard InChI is InChI=1S/C14H21ClN2O/c1-11(7-8-15)10-16-14(18)12-5-4-6-13(9-12)17(2)3/h4-6,9,11H,7-8,10H2,1-3H3,(H,16,18). The summed E-state index contributed by atoms with van der Waals surface area (Å²) in [4.78, 5) is 13.9. The predicted molar refractivity (Wildman–Crippen MR) is 77.6 cm³/mol. The Labute approximate surface area is 114 Å². The van der Waals surface area contributed by atoms with Crippen molar-refractivity contribution >= 4 is 23.2 Å². The van der Waals surface area contributed by atoms with Gasteiger partial charge >= 0.3 is 0 Å². The maximum absolute atomic E-state index is 12.0. The minimum Gasteiger partial charge on any atom is -0.378 e. The van der Waals surface area contributed by atoms with E-state index in [-0.39, 0.29) is 5.91 Å². The van der Waals surface area contributed by atoms with Crippen molar-refractivity contribution in [2.24, 2.45) is 5.92 Å². The van der Waals surface area contributed by atoms with E-state index in [1.807, 2.05) is 43.3 Å². The topological polar surface area (TPSA) is 32.3 Å². The molecular formula is C14H21ClN2O. The molecule has 0 aliphatic heterocycles. The summed E-state index contributed by atoms with van der Waals surface area (Å²) in [6.45, 7) is 2.75. The Morgan fingerprint density at radius 2 is 2.17 bits per heavy atom. The average Bonchev–Trinajstić information content (AvgIpc) is 2.36. The highest BCUT2D eigenvalue weighted by molar-refractivity contribution is 6.17. The van der Waals surface area contributed by atoms with E-state index >= 15 is 0 Å². The zero-order valence-corrected chi connectivity index (χ0v) is 12.0. The summed E-state index contributed by atoms with van der Waals surface area (Å²) < 4.78 is 0. The summed E-state index contributed by atoms with van der Waals surface area (Å²) in [6.07, 6.45) is 0.916. The SMILES string of the molecule is CC(CCCl)CNC(=O)c1cccc(N(C)C)c1. The lowest BCUT2D eigenvalue weighted by Crippen LogP contribution is -2.28. The summed E-state index contributed by atoms with van der Waals surface area (Å²) in [7, 11) is 3.92. The highest BCUT2D eigenvalue weighted by Crippen LogP contribution is 2.13. The lowest BCUT2D eigenvalue weighted by molar-refractivity contribution is 0.0948. The molecule has 0 aliphatic carbocycles. The van der Waals surface area contributed by atoms with E-state index in [9.17, 15) is 4.79 Å². The van der Waals surface area contributed by atoms with Crippen molar-refractivity contribution in [3.63, 3.8) is 0 Å². The van der Waals surface area contributed by atoms with Gasteiger partial charge in [-0.25, -0.2) is 0 Å². The molecule has 100 valence electrons. The quantitative estimate of drug-likeness (QED) is 0.805. The van der Waals surface area contributed by atoms with E-state index in [0.717, 1.165) is 12.1 Å². The van der Waals surface area contributed by atoms with Crippen molar-refractivity contribution in [2.45, 2.75) is 13.3 Å². The highest BCUT2D eigenvalue weighted by atomic mass is 35.5. The number of rotatable bonds is 6. The molecule has 1 atom stereocenters. The first-order valence-electron chi connectivity index (χ1n) is 6.16. The number of hydrogen-bond donors (Lipinski definition) is 1. The first-order chi connectivity index (χ1) is 8.54. The monoisotopic (exact) mass is 268 g/mol. The van der Waals surface area contributed by atoms with Crippen LogP contribution in [-0.2, 0) is 0 Å². The van der Waals surface area contributed by atoms with Crippen LogP contribution in [0.3, 0.4) is 0 Å². The van der Waals surface area contributed by atoms with Gasteiger partial charge < -0.3 is 10.2 Å². The second-order valence-electron chi connectivity index (χ2n) is 4.74. The smallest absolute Gasteiger partial charge is 0.251 e. The average molecular weight is 269 g/mol. The molecule has 1 unspecified atom stereocenters. The number of nitrogens with zero attached hydrogens (tertiary/aromatic N) is 1. The van der Waals surface area contributed by atoms with Crippen molar-refractivity contribution in [2.75, 3.05) is 31.4 Å². The van der Waals surface area contributed by atoms with Gasteiger partial charge in [-0.05, 0) is 30.5 Å². The molecule has 0 heterocycles. The molecule has 0 spiro atoms. The van der Waals surface area contributed by atoms with Crippen LogP contribution in [0.4, 0.5) is 5.69 Å². The molecule has 1 N–H and O–H groups in total. The van der Waals surface area contributed by atoms with Crippen molar-refractivity contribution in [3.8, 4) is 0 Å². The number of amides is 1. The summed E-state index contributed by atoms with van der Waals surface area (Å²) in [5.74, 6) is 1.01. The van der Waals surface area contributed by atoms with Gasteiger partial charge in [-0.2, -0.15) is 0 Å². The molecular weight excluding hydrogens is 248 g/mol. The molecule has 0 saturated heterocycles. The fourth-order valence-corrected chi connectivity index (χ4v) is 1.96. The second-order valence-corrected chi connectivity index (χ2v) is 5.12. The second kappa shape index (κ2) is 7.27. The summed E-state index contributed by atoms with van der Waals surface area (Å²) in [5, 5.41) is 2.93. The summed E-state index contributed by atoms with van der Waals surface area (Å²) >= 11 is 5.67. The van der Waals surface area contributed by atoms with E-state index in [2.05, 4.69) is 12.2 Å². The maximum atomic E-state index is 12.0. The van der Waals surface area contributed by atoms with Gasteiger partial charge in [-0.15, -0.1) is 11.6 Å². The van der Waals surface area contributed by atoms with E-state index in [0.29, 0.717) is 23.9 Å². The van der Waals surface area contributed by atoms with Crippen LogP contribution in [0, 0.1) is 5.92 Å². The molecule has 3 nitrogen and oxygen atoms in total. The molecule has 0 fully saturated rings. The van der Waals surface area contributed by atoms with Gasteiger partial charge in [0.1, 0.15) is 0 Å². The van der Waals surface area contributed by atoms with Crippen LogP contribution < -0.4 is 10.2 Å². The van der Waals surface area contributed by atoms with Crippen LogP contribution in [0.2, 0.25) is 0 Å². The third kappa shape index (κ3) is 4.57. The van der Waals surface area contributed by atoms with Crippen LogP contribution in [0.1, 0.15) is 23.7 Å². The first kappa shape index (κ1) is 14.8. The van der Waals surface area contributed by atoms with Crippen LogP contribution in [0.5, 0.6) is 0 Å². The number of carbonyl (C=O) groups is 1. The van der Waals surface area contributed by atoms with Gasteiger partial charge in [0.2, 0.25) is 0 Å². The third-order valence-electron chi connectivity index (χ3n) is 2.84. The minimum atomic E-state index is -0.0277. The Balaban J connectivity index is 2.58. The zero-order chi connectivity index (χ0) is 13.5. The minimum absolute atomic E-state index is 0.0277. The van der Waals surface area contributed by atoms with Crippen molar-refractivity contribution < 1.29 is 4.79 Å². The van der Waals surface area contributed by atoms with Gasteiger partial charge in [0.05, 0.1) is 0 Å². The maximum Gasteiger partial charge on any atom is 0.251 e. The molecule has 0 saturated carbocycles. The lowest BCUT2D eigenvalue weighted by atomic mass is 10.1. The van der Waals surface area contributed by atoms with Crippen molar-refractivity contribution in [1.82, 2.24) is 5.32 Å². The molecule has 0 radical (unpaired) electrons. The Morgan fingerprint density at radius 3 is 2.78 bits per heavy atom. The van der Waals surface area contributed by atoms with Gasteiger partial charge in [0.25, 0.3) is 5.91 Å². The fourth-order valence-electron chi connectivity index (χ4n) is 1.58. The number of anilines is 1. The zero-order valence-electron chi connectivity index (χ0n) is 11.2. The molecule has 0 aliphatic rings. The van der Waals surface area contributed by atoms with Gasteiger partial charge in [-0.1, -0.05) is 13.0 Å². The van der Waals surface area contributed by atoms with Crippen LogP contribution >= 0.6 is 11.6 Å². The number of hydrogen-bond acceptors (Lipinski definition) is 2. The normalized spacial score (nSPS) is 12.0. The Bertz CT molecular complexity index is 393. The van der Waals surface area contributed by atoms with E-state index in [4.69, 9.17) is 11.6 Å². The molecule has 1 aromatic carbocycles. The number of nitrogens with one attached hydrogen (secondary N) is 1. The molecule has 18 heavy (non-hydrogen) atoms. The van der Waals surface area contributed by atoms with Gasteiger partial charge in [0, 0.05) is 37.8 Å². The fraction of sp³-hybridized carbons (Fsp3) is 0.500. The van der Waals surface area contributed by atoms with Crippen LogP contribution in [0.25, 0.3) is 0 Å². The van der Waals surface area contributed by atoms with Crippen molar-refractivity contribution in [3.05, 3.63) is 29.8 Å². The van der Waals surface area contributed by atoms with Crippen molar-refractivity contribution in [1.29, 1.82) is 0 Å². The number of alkyl halides is 1. The third-order valence-corrected chi connectivity index (χ3v) is 3.06. The first-order valence-corrected chi connectivity index (χ1v) is 6.69. The van der Waals surface area contributed by atoms with E-state index in [1.54, 1.807) is 0 Å². The van der Waals surface area contributed by atoms with E-state index in [1.165, 1.54) is 0 Å². The van der Waals surface area contributed by atoms with E-state index < -0.39 is 0 Å². The number of halogens is 1. The number of benzene rings is 1. The molecule has 0 aromatic heterocycles. The Hall–Kier alpha value is -1.22. The molecule has 4 heteroatoms. The molecule has 0 bridgehead atoms. The molecule has 1 rings (SSSR count). The predicted octanol–water partition coefficient (Wildman–Crippen LogP) is 2.75. The Morgan fingerprint density at radius 1 is 1.44 bits per heavy atom. The van der Waals surface area contributed by atoms with Crippen LogP contribution in [-0.4, -0.2) is 32.4 Å².